The maximum absolute atomic E-state index is 6.55. The first-order chi connectivity index (χ1) is 5.67. The molecule has 0 aliphatic heterocycles. The van der Waals surface area contributed by atoms with Gasteiger partial charge in [0.15, 0.2) is 0 Å². The summed E-state index contributed by atoms with van der Waals surface area (Å²) in [4.78, 5) is -0.00367. The van der Waals surface area contributed by atoms with Gasteiger partial charge in [-0.15, -0.1) is 23.2 Å². The third kappa shape index (κ3) is 0.915. The van der Waals surface area contributed by atoms with Crippen LogP contribution in [0.1, 0.15) is 32.1 Å². The van der Waals surface area contributed by atoms with Gasteiger partial charge in [-0.3, -0.25) is 0 Å². The van der Waals surface area contributed by atoms with Crippen molar-refractivity contribution in [1.82, 2.24) is 0 Å². The molecular formula is C10H14Cl2. The van der Waals surface area contributed by atoms with E-state index < -0.39 is 0 Å². The molecule has 5 atom stereocenters. The predicted octanol–water partition coefficient (Wildman–Crippen LogP) is 3.41. The van der Waals surface area contributed by atoms with E-state index in [1.54, 1.807) is 0 Å². The molecule has 4 saturated carbocycles. The number of hydrogen-bond acceptors (Lipinski definition) is 0. The average molecular weight is 205 g/mol. The van der Waals surface area contributed by atoms with Crippen LogP contribution in [0.25, 0.3) is 0 Å². The molecule has 4 aliphatic carbocycles. The lowest BCUT2D eigenvalue weighted by atomic mass is 9.55. The van der Waals surface area contributed by atoms with E-state index in [1.807, 2.05) is 0 Å². The van der Waals surface area contributed by atoms with Gasteiger partial charge in [-0.25, -0.2) is 0 Å². The van der Waals surface area contributed by atoms with E-state index in [0.29, 0.717) is 0 Å². The van der Waals surface area contributed by atoms with Gasteiger partial charge in [0.25, 0.3) is 0 Å². The molecule has 0 nitrogen and oxygen atoms in total. The first-order valence-electron chi connectivity index (χ1n) is 5.00. The quantitative estimate of drug-likeness (QED) is 0.531. The molecule has 0 aromatic heterocycles. The van der Waals surface area contributed by atoms with Gasteiger partial charge in [0, 0.05) is 0 Å². The molecule has 4 rings (SSSR count). The molecule has 0 radical (unpaired) electrons. The fraction of sp³-hybridized carbons (Fsp3) is 1.00. The Morgan fingerprint density at radius 2 is 1.58 bits per heavy atom. The van der Waals surface area contributed by atoms with Crippen LogP contribution < -0.4 is 0 Å². The Morgan fingerprint density at radius 1 is 1.00 bits per heavy atom. The zero-order chi connectivity index (χ0) is 8.34. The summed E-state index contributed by atoms with van der Waals surface area (Å²) in [5.74, 6) is 2.57. The van der Waals surface area contributed by atoms with Crippen molar-refractivity contribution in [2.75, 3.05) is 0 Å². The highest BCUT2D eigenvalue weighted by Gasteiger charge is 2.55. The van der Waals surface area contributed by atoms with E-state index in [2.05, 4.69) is 0 Å². The van der Waals surface area contributed by atoms with E-state index in [-0.39, 0.29) is 10.3 Å². The maximum Gasteiger partial charge on any atom is 0.0617 e. The molecule has 4 fully saturated rings. The molecule has 0 heterocycles. The Hall–Kier alpha value is 0.580. The first-order valence-corrected chi connectivity index (χ1v) is 5.82. The van der Waals surface area contributed by atoms with Crippen molar-refractivity contribution >= 4 is 23.2 Å². The van der Waals surface area contributed by atoms with Crippen LogP contribution in [0.5, 0.6) is 0 Å². The van der Waals surface area contributed by atoms with E-state index in [0.717, 1.165) is 17.8 Å². The molecule has 0 spiro atoms. The lowest BCUT2D eigenvalue weighted by Crippen LogP contribution is -2.55. The van der Waals surface area contributed by atoms with Crippen molar-refractivity contribution in [3.63, 3.8) is 0 Å². The Kier molecular flexibility index (Phi) is 1.54. The summed E-state index contributed by atoms with van der Waals surface area (Å²) in [6, 6.07) is 0. The van der Waals surface area contributed by atoms with Crippen LogP contribution in [0.4, 0.5) is 0 Å². The van der Waals surface area contributed by atoms with Crippen LogP contribution in [0, 0.1) is 17.8 Å². The van der Waals surface area contributed by atoms with Gasteiger partial charge >= 0.3 is 0 Å². The molecule has 68 valence electrons. The Balaban J connectivity index is 1.97. The molecule has 4 bridgehead atoms. The van der Waals surface area contributed by atoms with Gasteiger partial charge < -0.3 is 0 Å². The van der Waals surface area contributed by atoms with Gasteiger partial charge in [0.1, 0.15) is 0 Å². The molecule has 0 aromatic rings. The second-order valence-electron chi connectivity index (χ2n) is 5.04. The highest BCUT2D eigenvalue weighted by atomic mass is 35.5. The van der Waals surface area contributed by atoms with Gasteiger partial charge in [0.05, 0.1) is 10.3 Å². The Labute approximate surface area is 83.6 Å². The van der Waals surface area contributed by atoms with Crippen LogP contribution in [0.2, 0.25) is 0 Å². The van der Waals surface area contributed by atoms with Crippen LogP contribution in [-0.4, -0.2) is 10.3 Å². The Bertz CT molecular complexity index is 200. The van der Waals surface area contributed by atoms with Crippen LogP contribution in [0.3, 0.4) is 0 Å². The minimum Gasteiger partial charge on any atom is -0.121 e. The van der Waals surface area contributed by atoms with E-state index >= 15 is 0 Å². The summed E-state index contributed by atoms with van der Waals surface area (Å²) in [5, 5.41) is 0.270. The normalized spacial score (nSPS) is 62.5. The van der Waals surface area contributed by atoms with Crippen LogP contribution in [0.15, 0.2) is 0 Å². The largest absolute Gasteiger partial charge is 0.121 e. The van der Waals surface area contributed by atoms with E-state index in [4.69, 9.17) is 23.2 Å². The molecular weight excluding hydrogens is 191 g/mol. The molecule has 2 heteroatoms. The summed E-state index contributed by atoms with van der Waals surface area (Å²) in [6.45, 7) is 0. The van der Waals surface area contributed by atoms with Crippen molar-refractivity contribution in [2.24, 2.45) is 17.8 Å². The van der Waals surface area contributed by atoms with Gasteiger partial charge in [-0.1, -0.05) is 0 Å². The minimum atomic E-state index is -0.00367. The lowest BCUT2D eigenvalue weighted by molar-refractivity contribution is 0.0392. The highest BCUT2D eigenvalue weighted by molar-refractivity contribution is 6.33. The molecule has 4 aliphatic rings. The molecule has 2 unspecified atom stereocenters. The average Bonchev–Trinajstić information content (AvgIpc) is 1.98. The van der Waals surface area contributed by atoms with Crippen LogP contribution in [-0.2, 0) is 0 Å². The summed E-state index contributed by atoms with van der Waals surface area (Å²) in [7, 11) is 0. The number of halogens is 2. The van der Waals surface area contributed by atoms with Crippen molar-refractivity contribution in [3.05, 3.63) is 0 Å². The Morgan fingerprint density at radius 3 is 2.08 bits per heavy atom. The van der Waals surface area contributed by atoms with Crippen LogP contribution >= 0.6 is 23.2 Å². The monoisotopic (exact) mass is 204 g/mol. The van der Waals surface area contributed by atoms with Crippen molar-refractivity contribution < 1.29 is 0 Å². The second-order valence-corrected chi connectivity index (χ2v) is 6.27. The fourth-order valence-corrected chi connectivity index (χ4v) is 4.88. The number of alkyl halides is 2. The third-order valence-corrected chi connectivity index (χ3v) is 5.53. The van der Waals surface area contributed by atoms with E-state index in [1.165, 1.54) is 32.1 Å². The van der Waals surface area contributed by atoms with Crippen molar-refractivity contribution in [2.45, 2.75) is 42.4 Å². The SMILES string of the molecule is Cl[C@@H]1C2C[C@@H]3C[C@H](C2)CC1(Cl)C3. The predicted molar refractivity (Wildman–Crippen MR) is 51.8 cm³/mol. The van der Waals surface area contributed by atoms with Crippen molar-refractivity contribution in [3.8, 4) is 0 Å². The fourth-order valence-electron chi connectivity index (χ4n) is 3.88. The van der Waals surface area contributed by atoms with Gasteiger partial charge in [-0.2, -0.15) is 0 Å². The topological polar surface area (TPSA) is 0 Å². The smallest absolute Gasteiger partial charge is 0.0617 e. The summed E-state index contributed by atoms with van der Waals surface area (Å²) < 4.78 is 0. The standard InChI is InChI=1S/C10H14Cl2/c11-9-8-2-6-1-7(3-8)5-10(9,12)4-6/h6-9H,1-5H2/t6-,7+,8?,9-,10?/m1/s1. The van der Waals surface area contributed by atoms with Gasteiger partial charge in [0.2, 0.25) is 0 Å². The highest BCUT2D eigenvalue weighted by Crippen LogP contribution is 2.59. The second kappa shape index (κ2) is 2.33. The molecule has 12 heavy (non-hydrogen) atoms. The first kappa shape index (κ1) is 7.94. The third-order valence-electron chi connectivity index (χ3n) is 4.10. The molecule has 0 saturated heterocycles. The molecule has 0 amide bonds. The maximum atomic E-state index is 6.55. The van der Waals surface area contributed by atoms with Crippen molar-refractivity contribution in [1.29, 1.82) is 0 Å². The van der Waals surface area contributed by atoms with Gasteiger partial charge in [-0.05, 0) is 49.9 Å². The summed E-state index contributed by atoms with van der Waals surface area (Å²) >= 11 is 12.9. The lowest BCUT2D eigenvalue weighted by Gasteiger charge is -2.56. The van der Waals surface area contributed by atoms with E-state index in [9.17, 15) is 0 Å². The summed E-state index contributed by atoms with van der Waals surface area (Å²) in [6.07, 6.45) is 6.54. The summed E-state index contributed by atoms with van der Waals surface area (Å²) in [5.41, 5.74) is 0. The molecule has 0 N–H and O–H groups in total. The zero-order valence-corrected chi connectivity index (χ0v) is 8.61. The minimum absolute atomic E-state index is 0.00367. The zero-order valence-electron chi connectivity index (χ0n) is 7.10. The number of rotatable bonds is 0. The number of hydrogen-bond donors (Lipinski definition) is 0. The molecule has 0 aromatic carbocycles.